The van der Waals surface area contributed by atoms with Crippen molar-refractivity contribution in [1.82, 2.24) is 10.2 Å². The molecule has 1 heterocycles. The van der Waals surface area contributed by atoms with Crippen LogP contribution in [0, 0.1) is 0 Å². The molecule has 1 aliphatic heterocycles. The number of halogens is 2. The van der Waals surface area contributed by atoms with E-state index in [4.69, 9.17) is 0 Å². The number of nitrogens with zero attached hydrogens (tertiary/aromatic N) is 1. The Kier molecular flexibility index (Phi) is 1.61. The van der Waals surface area contributed by atoms with Gasteiger partial charge in [0.2, 0.25) is 0 Å². The Hall–Kier alpha value is -0.220. The summed E-state index contributed by atoms with van der Waals surface area (Å²) in [5, 5.41) is 3.13. The van der Waals surface area contributed by atoms with Crippen molar-refractivity contribution < 1.29 is 8.78 Å². The van der Waals surface area contributed by atoms with E-state index in [1.54, 1.807) is 0 Å². The molecule has 1 saturated carbocycles. The fourth-order valence-corrected chi connectivity index (χ4v) is 1.72. The van der Waals surface area contributed by atoms with E-state index in [-0.39, 0.29) is 18.9 Å². The van der Waals surface area contributed by atoms with E-state index < -0.39 is 5.92 Å². The van der Waals surface area contributed by atoms with Crippen LogP contribution in [0.4, 0.5) is 8.78 Å². The molecule has 0 bridgehead atoms. The summed E-state index contributed by atoms with van der Waals surface area (Å²) in [6, 6.07) is 0.139. The molecule has 0 radical (unpaired) electrons. The summed E-state index contributed by atoms with van der Waals surface area (Å²) in [4.78, 5) is 2.09. The number of rotatable bonds is 1. The minimum absolute atomic E-state index is 0.0642. The zero-order valence-corrected chi connectivity index (χ0v) is 6.32. The molecule has 1 saturated heterocycles. The third kappa shape index (κ3) is 1.37. The van der Waals surface area contributed by atoms with E-state index in [2.05, 4.69) is 10.2 Å². The quantitative estimate of drug-likeness (QED) is 0.609. The second-order valence-corrected chi connectivity index (χ2v) is 3.39. The standard InChI is InChI=1S/C7H12F2N2/c8-7(9)3-6(4-7)11-2-1-10-5-11/h6,10H,1-5H2. The lowest BCUT2D eigenvalue weighted by Crippen LogP contribution is -2.50. The molecule has 0 spiro atoms. The monoisotopic (exact) mass is 162 g/mol. The average Bonchev–Trinajstić information content (AvgIpc) is 2.32. The van der Waals surface area contributed by atoms with Crippen LogP contribution in [-0.4, -0.2) is 36.6 Å². The van der Waals surface area contributed by atoms with E-state index in [0.29, 0.717) is 0 Å². The first-order valence-electron chi connectivity index (χ1n) is 4.00. The molecule has 0 amide bonds. The SMILES string of the molecule is FC1(F)CC(N2CCNC2)C1. The minimum Gasteiger partial charge on any atom is -0.303 e. The number of hydrogen-bond acceptors (Lipinski definition) is 2. The van der Waals surface area contributed by atoms with Crippen LogP contribution in [0.2, 0.25) is 0 Å². The van der Waals surface area contributed by atoms with E-state index in [1.165, 1.54) is 0 Å². The van der Waals surface area contributed by atoms with Crippen molar-refractivity contribution in [2.45, 2.75) is 24.8 Å². The molecule has 2 aliphatic rings. The van der Waals surface area contributed by atoms with Crippen molar-refractivity contribution in [3.8, 4) is 0 Å². The summed E-state index contributed by atoms with van der Waals surface area (Å²) in [6.07, 6.45) is 0.128. The summed E-state index contributed by atoms with van der Waals surface area (Å²) in [5.74, 6) is -2.37. The largest absolute Gasteiger partial charge is 0.303 e. The molecule has 0 aromatic rings. The Bertz CT molecular complexity index is 147. The number of hydrogen-bond donors (Lipinski definition) is 1. The van der Waals surface area contributed by atoms with Crippen LogP contribution in [0.5, 0.6) is 0 Å². The van der Waals surface area contributed by atoms with Crippen LogP contribution in [0.1, 0.15) is 12.8 Å². The van der Waals surface area contributed by atoms with Gasteiger partial charge in [-0.05, 0) is 0 Å². The smallest absolute Gasteiger partial charge is 0.251 e. The molecule has 64 valence electrons. The van der Waals surface area contributed by atoms with Gasteiger partial charge in [0.1, 0.15) is 0 Å². The van der Waals surface area contributed by atoms with Crippen LogP contribution in [0.3, 0.4) is 0 Å². The van der Waals surface area contributed by atoms with E-state index in [0.717, 1.165) is 19.8 Å². The summed E-state index contributed by atoms with van der Waals surface area (Å²) in [5.41, 5.74) is 0. The highest BCUT2D eigenvalue weighted by molar-refractivity contribution is 4.93. The zero-order valence-electron chi connectivity index (χ0n) is 6.32. The first kappa shape index (κ1) is 7.43. The predicted octanol–water partition coefficient (Wildman–Crippen LogP) is 0.647. The third-order valence-electron chi connectivity index (χ3n) is 2.48. The summed E-state index contributed by atoms with van der Waals surface area (Å²) in [6.45, 7) is 2.67. The second kappa shape index (κ2) is 2.38. The molecule has 2 fully saturated rings. The molecule has 2 nitrogen and oxygen atoms in total. The van der Waals surface area contributed by atoms with Crippen LogP contribution in [0.25, 0.3) is 0 Å². The van der Waals surface area contributed by atoms with Crippen LogP contribution in [0.15, 0.2) is 0 Å². The van der Waals surface area contributed by atoms with Gasteiger partial charge in [-0.3, -0.25) is 4.90 Å². The Morgan fingerprint density at radius 2 is 2.09 bits per heavy atom. The zero-order chi connectivity index (χ0) is 7.90. The molecule has 0 atom stereocenters. The lowest BCUT2D eigenvalue weighted by atomic mass is 9.87. The molecule has 1 aliphatic carbocycles. The van der Waals surface area contributed by atoms with Crippen molar-refractivity contribution in [1.29, 1.82) is 0 Å². The van der Waals surface area contributed by atoms with E-state index in [1.807, 2.05) is 0 Å². The molecule has 4 heteroatoms. The van der Waals surface area contributed by atoms with Crippen molar-refractivity contribution in [3.05, 3.63) is 0 Å². The molecular formula is C7H12F2N2. The van der Waals surface area contributed by atoms with Crippen molar-refractivity contribution in [2.24, 2.45) is 0 Å². The Morgan fingerprint density at radius 1 is 1.36 bits per heavy atom. The number of alkyl halides is 2. The summed E-state index contributed by atoms with van der Waals surface area (Å²) in [7, 11) is 0. The lowest BCUT2D eigenvalue weighted by Gasteiger charge is -2.40. The first-order valence-corrected chi connectivity index (χ1v) is 4.00. The number of nitrogens with one attached hydrogen (secondary N) is 1. The highest BCUT2D eigenvalue weighted by atomic mass is 19.3. The van der Waals surface area contributed by atoms with Crippen molar-refractivity contribution in [3.63, 3.8) is 0 Å². The van der Waals surface area contributed by atoms with Gasteiger partial charge >= 0.3 is 0 Å². The maximum atomic E-state index is 12.4. The fourth-order valence-electron chi connectivity index (χ4n) is 1.72. The average molecular weight is 162 g/mol. The molecule has 11 heavy (non-hydrogen) atoms. The van der Waals surface area contributed by atoms with Crippen LogP contribution in [-0.2, 0) is 0 Å². The van der Waals surface area contributed by atoms with E-state index >= 15 is 0 Å². The molecular weight excluding hydrogens is 150 g/mol. The van der Waals surface area contributed by atoms with Gasteiger partial charge in [-0.1, -0.05) is 0 Å². The van der Waals surface area contributed by atoms with Crippen LogP contribution >= 0.6 is 0 Å². The normalized spacial score (nSPS) is 32.2. The van der Waals surface area contributed by atoms with Gasteiger partial charge in [0, 0.05) is 38.6 Å². The van der Waals surface area contributed by atoms with Gasteiger partial charge in [-0.2, -0.15) is 0 Å². The van der Waals surface area contributed by atoms with E-state index in [9.17, 15) is 8.78 Å². The maximum Gasteiger partial charge on any atom is 0.251 e. The maximum absolute atomic E-state index is 12.4. The molecule has 0 unspecified atom stereocenters. The first-order chi connectivity index (χ1) is 5.17. The second-order valence-electron chi connectivity index (χ2n) is 3.39. The third-order valence-corrected chi connectivity index (χ3v) is 2.48. The molecule has 1 N–H and O–H groups in total. The van der Waals surface area contributed by atoms with Gasteiger partial charge in [0.15, 0.2) is 0 Å². The van der Waals surface area contributed by atoms with Crippen LogP contribution < -0.4 is 5.32 Å². The highest BCUT2D eigenvalue weighted by Crippen LogP contribution is 2.40. The molecule has 2 rings (SSSR count). The minimum atomic E-state index is -2.37. The van der Waals surface area contributed by atoms with Gasteiger partial charge in [-0.15, -0.1) is 0 Å². The van der Waals surface area contributed by atoms with Gasteiger partial charge in [0.05, 0.1) is 0 Å². The fraction of sp³-hybridized carbons (Fsp3) is 1.00. The highest BCUT2D eigenvalue weighted by Gasteiger charge is 2.48. The lowest BCUT2D eigenvalue weighted by molar-refractivity contribution is -0.120. The molecule has 0 aromatic carbocycles. The van der Waals surface area contributed by atoms with Gasteiger partial charge in [-0.25, -0.2) is 8.78 Å². The van der Waals surface area contributed by atoms with Gasteiger partial charge in [0.25, 0.3) is 5.92 Å². The summed E-state index contributed by atoms with van der Waals surface area (Å²) >= 11 is 0. The van der Waals surface area contributed by atoms with Gasteiger partial charge < -0.3 is 5.32 Å². The Labute approximate surface area is 64.6 Å². The topological polar surface area (TPSA) is 15.3 Å². The van der Waals surface area contributed by atoms with Crippen molar-refractivity contribution >= 4 is 0 Å². The Morgan fingerprint density at radius 3 is 2.55 bits per heavy atom. The Balaban J connectivity index is 1.81. The van der Waals surface area contributed by atoms with Crippen molar-refractivity contribution in [2.75, 3.05) is 19.8 Å². The summed E-state index contributed by atoms with van der Waals surface area (Å²) < 4.78 is 24.8. The molecule has 0 aromatic heterocycles. The predicted molar refractivity (Wildman–Crippen MR) is 37.5 cm³/mol.